The molecule has 0 saturated carbocycles. The van der Waals surface area contributed by atoms with Crippen molar-refractivity contribution in [3.63, 3.8) is 0 Å². The zero-order chi connectivity index (χ0) is 21.4. The summed E-state index contributed by atoms with van der Waals surface area (Å²) in [6.07, 6.45) is -0.382. The van der Waals surface area contributed by atoms with Gasteiger partial charge in [-0.15, -0.1) is 0 Å². The summed E-state index contributed by atoms with van der Waals surface area (Å²) in [5.41, 5.74) is 0.862. The first kappa shape index (κ1) is 22.4. The van der Waals surface area contributed by atoms with Gasteiger partial charge in [0.1, 0.15) is 5.82 Å². The van der Waals surface area contributed by atoms with Crippen molar-refractivity contribution >= 4 is 35.1 Å². The average molecular weight is 421 g/mol. The van der Waals surface area contributed by atoms with E-state index in [1.54, 1.807) is 29.2 Å². The maximum absolute atomic E-state index is 13.7. The Kier molecular flexibility index (Phi) is 8.15. The molecule has 0 spiro atoms. The van der Waals surface area contributed by atoms with Crippen LogP contribution in [0.15, 0.2) is 42.5 Å². The summed E-state index contributed by atoms with van der Waals surface area (Å²) < 4.78 is 18.6. The van der Waals surface area contributed by atoms with Gasteiger partial charge in [-0.1, -0.05) is 23.7 Å². The lowest BCUT2D eigenvalue weighted by molar-refractivity contribution is -0.146. The van der Waals surface area contributed by atoms with Crippen LogP contribution in [0.5, 0.6) is 0 Å². The number of amides is 2. The third-order valence-corrected chi connectivity index (χ3v) is 4.55. The first-order valence-corrected chi connectivity index (χ1v) is 9.51. The highest BCUT2D eigenvalue weighted by Crippen LogP contribution is 2.19. The Morgan fingerprint density at radius 1 is 1.10 bits per heavy atom. The van der Waals surface area contributed by atoms with E-state index in [4.69, 9.17) is 16.3 Å². The molecule has 0 aromatic heterocycles. The zero-order valence-corrected chi connectivity index (χ0v) is 17.0. The van der Waals surface area contributed by atoms with Gasteiger partial charge in [0, 0.05) is 34.9 Å². The fourth-order valence-corrected chi connectivity index (χ4v) is 2.89. The van der Waals surface area contributed by atoms with E-state index in [0.717, 1.165) is 0 Å². The number of anilines is 1. The van der Waals surface area contributed by atoms with E-state index in [9.17, 15) is 18.8 Å². The average Bonchev–Trinajstić information content (AvgIpc) is 2.70. The minimum absolute atomic E-state index is 0.0159. The Morgan fingerprint density at radius 3 is 2.45 bits per heavy atom. The van der Waals surface area contributed by atoms with Crippen LogP contribution in [0.25, 0.3) is 0 Å². The number of nitrogens with one attached hydrogen (secondary N) is 1. The van der Waals surface area contributed by atoms with Crippen molar-refractivity contribution in [3.05, 3.63) is 64.4 Å². The minimum atomic E-state index is -0.780. The van der Waals surface area contributed by atoms with Gasteiger partial charge in [-0.2, -0.15) is 0 Å². The highest BCUT2D eigenvalue weighted by atomic mass is 35.5. The van der Waals surface area contributed by atoms with E-state index < -0.39 is 24.3 Å². The van der Waals surface area contributed by atoms with Crippen LogP contribution >= 0.6 is 11.6 Å². The number of rotatable bonds is 8. The molecule has 2 aromatic carbocycles. The molecule has 0 saturated heterocycles. The van der Waals surface area contributed by atoms with Crippen LogP contribution < -0.4 is 5.32 Å². The Balaban J connectivity index is 1.92. The third-order valence-electron chi connectivity index (χ3n) is 4.19. The van der Waals surface area contributed by atoms with Crippen LogP contribution in [0.1, 0.15) is 29.8 Å². The monoisotopic (exact) mass is 420 g/mol. The number of hydrogen-bond acceptors (Lipinski definition) is 4. The lowest BCUT2D eigenvalue weighted by Gasteiger charge is -2.19. The van der Waals surface area contributed by atoms with Gasteiger partial charge < -0.3 is 15.0 Å². The van der Waals surface area contributed by atoms with E-state index in [-0.39, 0.29) is 22.9 Å². The predicted molar refractivity (Wildman–Crippen MR) is 108 cm³/mol. The van der Waals surface area contributed by atoms with E-state index in [2.05, 4.69) is 5.32 Å². The van der Waals surface area contributed by atoms with Crippen LogP contribution in [-0.4, -0.2) is 42.4 Å². The molecule has 0 heterocycles. The van der Waals surface area contributed by atoms with Gasteiger partial charge in [0.2, 0.25) is 0 Å². The second-order valence-electron chi connectivity index (χ2n) is 6.14. The van der Waals surface area contributed by atoms with Crippen LogP contribution in [0.3, 0.4) is 0 Å². The highest BCUT2D eigenvalue weighted by molar-refractivity contribution is 6.31. The number of esters is 1. The summed E-state index contributed by atoms with van der Waals surface area (Å²) >= 11 is 5.87. The molecule has 6 nitrogen and oxygen atoms in total. The second kappa shape index (κ2) is 10.6. The van der Waals surface area contributed by atoms with Crippen molar-refractivity contribution in [3.8, 4) is 0 Å². The summed E-state index contributed by atoms with van der Waals surface area (Å²) in [6, 6.07) is 10.6. The fourth-order valence-electron chi connectivity index (χ4n) is 2.66. The van der Waals surface area contributed by atoms with Crippen LogP contribution in [0.4, 0.5) is 10.1 Å². The number of hydrogen-bond donors (Lipinski definition) is 1. The molecule has 0 aliphatic heterocycles. The zero-order valence-electron chi connectivity index (χ0n) is 16.2. The van der Waals surface area contributed by atoms with Crippen LogP contribution in [0.2, 0.25) is 5.02 Å². The summed E-state index contributed by atoms with van der Waals surface area (Å²) in [5.74, 6) is -2.11. The number of carbonyl (C=O) groups is 3. The summed E-state index contributed by atoms with van der Waals surface area (Å²) in [4.78, 5) is 38.0. The lowest BCUT2D eigenvalue weighted by Crippen LogP contribution is -2.30. The van der Waals surface area contributed by atoms with Crippen molar-refractivity contribution in [2.45, 2.75) is 20.3 Å². The van der Waals surface area contributed by atoms with Crippen molar-refractivity contribution in [2.75, 3.05) is 25.0 Å². The number of benzene rings is 2. The topological polar surface area (TPSA) is 75.7 Å². The fraction of sp³-hybridized carbons (Fsp3) is 0.286. The lowest BCUT2D eigenvalue weighted by atomic mass is 10.1. The normalized spacial score (nSPS) is 10.3. The summed E-state index contributed by atoms with van der Waals surface area (Å²) in [6.45, 7) is 4.38. The van der Waals surface area contributed by atoms with Gasteiger partial charge >= 0.3 is 5.97 Å². The van der Waals surface area contributed by atoms with E-state index in [1.165, 1.54) is 18.2 Å². The van der Waals surface area contributed by atoms with Crippen molar-refractivity contribution in [1.82, 2.24) is 4.90 Å². The van der Waals surface area contributed by atoms with Crippen LogP contribution in [-0.2, 0) is 20.7 Å². The SMILES string of the molecule is CCN(CC)C(=O)c1cccc(NC(=O)COC(=O)Cc2c(F)cccc2Cl)c1. The van der Waals surface area contributed by atoms with Gasteiger partial charge in [-0.05, 0) is 44.2 Å². The molecule has 8 heteroatoms. The van der Waals surface area contributed by atoms with E-state index >= 15 is 0 Å². The van der Waals surface area contributed by atoms with E-state index in [1.807, 2.05) is 13.8 Å². The van der Waals surface area contributed by atoms with Crippen molar-refractivity contribution in [2.24, 2.45) is 0 Å². The largest absolute Gasteiger partial charge is 0.455 e. The number of carbonyl (C=O) groups excluding carboxylic acids is 3. The molecule has 2 rings (SSSR count). The second-order valence-corrected chi connectivity index (χ2v) is 6.55. The Bertz CT molecular complexity index is 880. The van der Waals surface area contributed by atoms with Gasteiger partial charge in [0.15, 0.2) is 6.61 Å². The third kappa shape index (κ3) is 6.29. The molecule has 0 fully saturated rings. The molecule has 0 bridgehead atoms. The minimum Gasteiger partial charge on any atom is -0.455 e. The molecule has 0 aliphatic rings. The van der Waals surface area contributed by atoms with Gasteiger partial charge in [-0.3, -0.25) is 14.4 Å². The van der Waals surface area contributed by atoms with Gasteiger partial charge in [0.25, 0.3) is 11.8 Å². The number of nitrogens with zero attached hydrogens (tertiary/aromatic N) is 1. The summed E-state index contributed by atoms with van der Waals surface area (Å²) in [7, 11) is 0. The maximum Gasteiger partial charge on any atom is 0.310 e. The Labute approximate surface area is 173 Å². The molecule has 0 unspecified atom stereocenters. The molecule has 2 aromatic rings. The van der Waals surface area contributed by atoms with Crippen molar-refractivity contribution in [1.29, 1.82) is 0 Å². The first-order chi connectivity index (χ1) is 13.8. The molecule has 0 aliphatic carbocycles. The molecule has 1 N–H and O–H groups in total. The maximum atomic E-state index is 13.7. The van der Waals surface area contributed by atoms with Crippen molar-refractivity contribution < 1.29 is 23.5 Å². The molecule has 0 atom stereocenters. The molecule has 29 heavy (non-hydrogen) atoms. The number of ether oxygens (including phenoxy) is 1. The van der Waals surface area contributed by atoms with Gasteiger partial charge in [-0.25, -0.2) is 4.39 Å². The molecule has 154 valence electrons. The molecule has 2 amide bonds. The summed E-state index contributed by atoms with van der Waals surface area (Å²) in [5, 5.41) is 2.68. The van der Waals surface area contributed by atoms with Crippen LogP contribution in [0, 0.1) is 5.82 Å². The Morgan fingerprint density at radius 2 is 1.79 bits per heavy atom. The predicted octanol–water partition coefficient (Wildman–Crippen LogP) is 3.69. The standard InChI is InChI=1S/C21H22ClFN2O4/c1-3-25(4-2)21(28)14-7-5-8-15(11-14)24-19(26)13-29-20(27)12-16-17(22)9-6-10-18(16)23/h5-11H,3-4,12-13H2,1-2H3,(H,24,26). The molecule has 0 radical (unpaired) electrons. The number of halogens is 2. The first-order valence-electron chi connectivity index (χ1n) is 9.13. The van der Waals surface area contributed by atoms with E-state index in [0.29, 0.717) is 24.3 Å². The Hall–Kier alpha value is -2.93. The molecular weight excluding hydrogens is 399 g/mol. The molecular formula is C21H22ClFN2O4. The highest BCUT2D eigenvalue weighted by Gasteiger charge is 2.16. The smallest absolute Gasteiger partial charge is 0.310 e. The van der Waals surface area contributed by atoms with Gasteiger partial charge in [0.05, 0.1) is 6.42 Å². The quantitative estimate of drug-likeness (QED) is 0.661.